The number of pyridine rings is 1. The molecule has 182 valence electrons. The summed E-state index contributed by atoms with van der Waals surface area (Å²) in [6.07, 6.45) is 6.31. The molecule has 37 heavy (non-hydrogen) atoms. The Hall–Kier alpha value is -4.37. The molecule has 1 aliphatic rings. The number of allylic oxidation sites excluding steroid dienone is 4. The smallest absolute Gasteiger partial charge is 0.0849 e. The van der Waals surface area contributed by atoms with Crippen LogP contribution in [0.25, 0.3) is 22.3 Å². The summed E-state index contributed by atoms with van der Waals surface area (Å²) in [7, 11) is 0. The molecular formula is C34H31N3. The number of benzene rings is 3. The van der Waals surface area contributed by atoms with Crippen molar-refractivity contribution in [1.29, 1.82) is 0 Å². The molecule has 0 fully saturated rings. The predicted molar refractivity (Wildman–Crippen MR) is 157 cm³/mol. The van der Waals surface area contributed by atoms with Gasteiger partial charge in [0.15, 0.2) is 0 Å². The minimum atomic E-state index is 0.849. The van der Waals surface area contributed by atoms with Gasteiger partial charge in [0.25, 0.3) is 0 Å². The summed E-state index contributed by atoms with van der Waals surface area (Å²) < 4.78 is 0. The molecule has 1 aliphatic carbocycles. The molecule has 0 saturated carbocycles. The number of rotatable bonds is 6. The highest BCUT2D eigenvalue weighted by Gasteiger charge is 2.13. The molecule has 0 amide bonds. The molecule has 3 heteroatoms. The number of aliphatic imine (C=N–C) groups is 2. The average Bonchev–Trinajstić information content (AvgIpc) is 2.95. The maximum atomic E-state index is 5.20. The highest BCUT2D eigenvalue weighted by molar-refractivity contribution is 6.03. The molecular weight excluding hydrogens is 450 g/mol. The summed E-state index contributed by atoms with van der Waals surface area (Å²) in [5, 5.41) is 0. The van der Waals surface area contributed by atoms with E-state index in [9.17, 15) is 0 Å². The van der Waals surface area contributed by atoms with Gasteiger partial charge in [-0.3, -0.25) is 9.98 Å². The molecule has 0 spiro atoms. The average molecular weight is 482 g/mol. The van der Waals surface area contributed by atoms with Gasteiger partial charge in [-0.1, -0.05) is 96.6 Å². The van der Waals surface area contributed by atoms with E-state index in [0.717, 1.165) is 69.3 Å². The van der Waals surface area contributed by atoms with Crippen LogP contribution >= 0.6 is 0 Å². The maximum absolute atomic E-state index is 5.20. The van der Waals surface area contributed by atoms with Crippen molar-refractivity contribution in [2.24, 2.45) is 9.98 Å². The van der Waals surface area contributed by atoms with E-state index in [-0.39, 0.29) is 0 Å². The van der Waals surface area contributed by atoms with Crippen LogP contribution in [0.15, 0.2) is 130 Å². The minimum absolute atomic E-state index is 0.849. The zero-order chi connectivity index (χ0) is 25.6. The zero-order valence-corrected chi connectivity index (χ0v) is 21.6. The molecule has 0 N–H and O–H groups in total. The van der Waals surface area contributed by atoms with Crippen LogP contribution in [0.2, 0.25) is 0 Å². The Morgan fingerprint density at radius 3 is 1.68 bits per heavy atom. The summed E-state index contributed by atoms with van der Waals surface area (Å²) >= 11 is 0. The SMILES string of the molecule is CC1=CC=C(N=C(C)c2cccc(C(C)=Nc3c(-c4ccccc4)cccc3-c3ccccc3)n2)CC1. The van der Waals surface area contributed by atoms with Gasteiger partial charge >= 0.3 is 0 Å². The third-order valence-corrected chi connectivity index (χ3v) is 6.62. The second kappa shape index (κ2) is 11.1. The van der Waals surface area contributed by atoms with Crippen molar-refractivity contribution in [3.8, 4) is 22.3 Å². The zero-order valence-electron chi connectivity index (χ0n) is 21.6. The van der Waals surface area contributed by atoms with E-state index in [4.69, 9.17) is 15.0 Å². The summed E-state index contributed by atoms with van der Waals surface area (Å²) in [4.78, 5) is 15.0. The van der Waals surface area contributed by atoms with E-state index in [1.54, 1.807) is 0 Å². The molecule has 1 aromatic heterocycles. The van der Waals surface area contributed by atoms with Crippen molar-refractivity contribution in [2.45, 2.75) is 33.6 Å². The minimum Gasteiger partial charge on any atom is -0.256 e. The van der Waals surface area contributed by atoms with Gasteiger partial charge in [-0.05, 0) is 62.9 Å². The molecule has 4 aromatic rings. The topological polar surface area (TPSA) is 37.6 Å². The van der Waals surface area contributed by atoms with Gasteiger partial charge in [0, 0.05) is 16.8 Å². The fourth-order valence-electron chi connectivity index (χ4n) is 4.52. The van der Waals surface area contributed by atoms with Gasteiger partial charge < -0.3 is 0 Å². The Kier molecular flexibility index (Phi) is 7.32. The third kappa shape index (κ3) is 5.73. The van der Waals surface area contributed by atoms with Gasteiger partial charge in [0.1, 0.15) is 0 Å². The van der Waals surface area contributed by atoms with Crippen LogP contribution in [0.5, 0.6) is 0 Å². The molecule has 5 rings (SSSR count). The van der Waals surface area contributed by atoms with Crippen molar-refractivity contribution in [3.63, 3.8) is 0 Å². The third-order valence-electron chi connectivity index (χ3n) is 6.62. The largest absolute Gasteiger partial charge is 0.256 e. The van der Waals surface area contributed by atoms with E-state index >= 15 is 0 Å². The lowest BCUT2D eigenvalue weighted by atomic mass is 9.96. The van der Waals surface area contributed by atoms with Gasteiger partial charge in [0.2, 0.25) is 0 Å². The van der Waals surface area contributed by atoms with Crippen molar-refractivity contribution in [2.75, 3.05) is 0 Å². The van der Waals surface area contributed by atoms with Gasteiger partial charge in [-0.15, -0.1) is 0 Å². The van der Waals surface area contributed by atoms with Gasteiger partial charge in [-0.25, -0.2) is 4.98 Å². The fourth-order valence-corrected chi connectivity index (χ4v) is 4.52. The lowest BCUT2D eigenvalue weighted by molar-refractivity contribution is 0.892. The van der Waals surface area contributed by atoms with E-state index in [0.29, 0.717) is 0 Å². The fraction of sp³-hybridized carbons (Fsp3) is 0.147. The molecule has 0 radical (unpaired) electrons. The molecule has 3 nitrogen and oxygen atoms in total. The molecule has 0 saturated heterocycles. The number of para-hydroxylation sites is 1. The van der Waals surface area contributed by atoms with E-state index in [1.165, 1.54) is 5.57 Å². The monoisotopic (exact) mass is 481 g/mol. The van der Waals surface area contributed by atoms with Crippen LogP contribution in [0.1, 0.15) is 45.0 Å². The normalized spacial score (nSPS) is 14.2. The number of aromatic nitrogens is 1. The highest BCUT2D eigenvalue weighted by atomic mass is 14.8. The first-order valence-corrected chi connectivity index (χ1v) is 12.8. The first-order chi connectivity index (χ1) is 18.1. The van der Waals surface area contributed by atoms with Crippen molar-refractivity contribution in [1.82, 2.24) is 4.98 Å². The number of hydrogen-bond donors (Lipinski definition) is 0. The van der Waals surface area contributed by atoms with Crippen molar-refractivity contribution < 1.29 is 0 Å². The molecule has 0 atom stereocenters. The second-order valence-electron chi connectivity index (χ2n) is 9.41. The van der Waals surface area contributed by atoms with Gasteiger partial charge in [-0.2, -0.15) is 0 Å². The molecule has 0 unspecified atom stereocenters. The van der Waals surface area contributed by atoms with Crippen molar-refractivity contribution >= 4 is 17.1 Å². The van der Waals surface area contributed by atoms with Crippen molar-refractivity contribution in [3.05, 3.63) is 132 Å². The molecule has 3 aromatic carbocycles. The Labute approximate surface area is 219 Å². The summed E-state index contributed by atoms with van der Waals surface area (Å²) in [6, 6.07) is 33.3. The quantitative estimate of drug-likeness (QED) is 0.253. The predicted octanol–water partition coefficient (Wildman–Crippen LogP) is 8.99. The Balaban J connectivity index is 1.57. The summed E-state index contributed by atoms with van der Waals surface area (Å²) in [5.41, 5.74) is 11.4. The maximum Gasteiger partial charge on any atom is 0.0849 e. The second-order valence-corrected chi connectivity index (χ2v) is 9.41. The van der Waals surface area contributed by atoms with E-state index in [2.05, 4.69) is 85.8 Å². The van der Waals surface area contributed by atoms with Crippen LogP contribution in [0.4, 0.5) is 5.69 Å². The number of nitrogens with zero attached hydrogens (tertiary/aromatic N) is 3. The van der Waals surface area contributed by atoms with Crippen LogP contribution in [0.3, 0.4) is 0 Å². The van der Waals surface area contributed by atoms with Gasteiger partial charge in [0.05, 0.1) is 28.5 Å². The highest BCUT2D eigenvalue weighted by Crippen LogP contribution is 2.39. The van der Waals surface area contributed by atoms with Crippen LogP contribution in [-0.2, 0) is 0 Å². The molecule has 1 heterocycles. The van der Waals surface area contributed by atoms with Crippen LogP contribution < -0.4 is 0 Å². The lowest BCUT2D eigenvalue weighted by Gasteiger charge is -2.14. The Morgan fingerprint density at radius 2 is 1.14 bits per heavy atom. The van der Waals surface area contributed by atoms with Crippen LogP contribution in [-0.4, -0.2) is 16.4 Å². The molecule has 0 bridgehead atoms. The Bertz CT molecular complexity index is 1470. The van der Waals surface area contributed by atoms with Crippen LogP contribution in [0, 0.1) is 0 Å². The lowest BCUT2D eigenvalue weighted by Crippen LogP contribution is -2.06. The standard InChI is InChI=1S/C34H31N3/c1-24-20-22-29(23-21-24)35-25(2)32-18-11-19-33(37-32)26(3)36-34-30(27-12-6-4-7-13-27)16-10-17-31(34)28-14-8-5-9-15-28/h4-20,22H,21,23H2,1-3H3. The molecule has 0 aliphatic heterocycles. The van der Waals surface area contributed by atoms with E-state index in [1.807, 2.05) is 44.2 Å². The first-order valence-electron chi connectivity index (χ1n) is 12.8. The van der Waals surface area contributed by atoms with E-state index < -0.39 is 0 Å². The number of hydrogen-bond acceptors (Lipinski definition) is 3. The summed E-state index contributed by atoms with van der Waals surface area (Å²) in [6.45, 7) is 6.23. The first kappa shape index (κ1) is 24.3. The Morgan fingerprint density at radius 1 is 0.595 bits per heavy atom. The summed E-state index contributed by atoms with van der Waals surface area (Å²) in [5.74, 6) is 0.